The molecule has 18 heavy (non-hydrogen) atoms. The number of nitrogens with zero attached hydrogens (tertiary/aromatic N) is 2. The van der Waals surface area contributed by atoms with Gasteiger partial charge >= 0.3 is 0 Å². The quantitative estimate of drug-likeness (QED) is 0.810. The first kappa shape index (κ1) is 13.3. The fraction of sp³-hybridized carbons (Fsp3) is 0.667. The monoisotopic (exact) mass is 268 g/mol. The van der Waals surface area contributed by atoms with Crippen LogP contribution in [0.15, 0.2) is 0 Å². The van der Waals surface area contributed by atoms with E-state index in [0.29, 0.717) is 17.1 Å². The largest absolute Gasteiger partial charge is 0.389 e. The lowest BCUT2D eigenvalue weighted by atomic mass is 10.0. The van der Waals surface area contributed by atoms with Crippen LogP contribution in [0.25, 0.3) is 0 Å². The molecule has 0 saturated carbocycles. The topological polar surface area (TPSA) is 65.1 Å². The molecule has 1 saturated heterocycles. The highest BCUT2D eigenvalue weighted by atomic mass is 32.1. The summed E-state index contributed by atoms with van der Waals surface area (Å²) in [6.45, 7) is 4.81. The molecule has 5 nitrogen and oxygen atoms in total. The first-order valence-electron chi connectivity index (χ1n) is 6.20. The Morgan fingerprint density at radius 1 is 1.61 bits per heavy atom. The van der Waals surface area contributed by atoms with E-state index >= 15 is 0 Å². The fourth-order valence-electron chi connectivity index (χ4n) is 2.44. The van der Waals surface area contributed by atoms with Gasteiger partial charge in [-0.15, -0.1) is 0 Å². The zero-order chi connectivity index (χ0) is 13.3. The van der Waals surface area contributed by atoms with E-state index < -0.39 is 0 Å². The van der Waals surface area contributed by atoms with E-state index in [0.717, 1.165) is 36.5 Å². The second-order valence-corrected chi connectivity index (χ2v) is 5.28. The first-order chi connectivity index (χ1) is 8.49. The lowest BCUT2D eigenvalue weighted by Gasteiger charge is -2.28. The Hall–Kier alpha value is -1.14. The third kappa shape index (κ3) is 2.64. The van der Waals surface area contributed by atoms with Crippen LogP contribution in [0.3, 0.4) is 0 Å². The highest BCUT2D eigenvalue weighted by Gasteiger charge is 2.23. The molecule has 1 aliphatic rings. The third-order valence-electron chi connectivity index (χ3n) is 3.29. The van der Waals surface area contributed by atoms with Crippen molar-refractivity contribution in [3.63, 3.8) is 0 Å². The number of ether oxygens (including phenoxy) is 1. The Morgan fingerprint density at radius 2 is 2.33 bits per heavy atom. The fourth-order valence-corrected chi connectivity index (χ4v) is 2.69. The number of aryl methyl sites for hydroxylation is 2. The smallest absolute Gasteiger partial charge is 0.134 e. The maximum Gasteiger partial charge on any atom is 0.134 e. The number of hydrogen-bond acceptors (Lipinski definition) is 4. The van der Waals surface area contributed by atoms with E-state index in [9.17, 15) is 0 Å². The Bertz CT molecular complexity index is 457. The molecule has 1 aromatic rings. The minimum Gasteiger partial charge on any atom is -0.389 e. The summed E-state index contributed by atoms with van der Waals surface area (Å²) in [5, 5.41) is 7.88. The molecule has 0 aromatic carbocycles. The van der Waals surface area contributed by atoms with Gasteiger partial charge < -0.3 is 15.8 Å². The highest BCUT2D eigenvalue weighted by Crippen LogP contribution is 2.23. The van der Waals surface area contributed by atoms with Gasteiger partial charge in [0.25, 0.3) is 0 Å². The third-order valence-corrected chi connectivity index (χ3v) is 3.50. The maximum absolute atomic E-state index is 5.77. The van der Waals surface area contributed by atoms with E-state index in [-0.39, 0.29) is 0 Å². The molecule has 6 heteroatoms. The number of rotatable bonds is 3. The number of hydrogen-bond donors (Lipinski definition) is 2. The van der Waals surface area contributed by atoms with Crippen LogP contribution in [0.2, 0.25) is 0 Å². The molecule has 100 valence electrons. The van der Waals surface area contributed by atoms with E-state index in [1.54, 1.807) is 0 Å². The van der Waals surface area contributed by atoms with Crippen molar-refractivity contribution in [1.29, 1.82) is 0 Å². The van der Waals surface area contributed by atoms with Crippen LogP contribution in [0.1, 0.15) is 31.0 Å². The molecule has 2 rings (SSSR count). The average molecular weight is 268 g/mol. The van der Waals surface area contributed by atoms with Gasteiger partial charge in [0.05, 0.1) is 17.4 Å². The predicted octanol–water partition coefficient (Wildman–Crippen LogP) is 1.34. The standard InChI is InChI=1S/C12H20N4OS/c1-7-6-9(4-5-17-7)14-12-10(11(13)18)8(2)15-16(12)3/h7,9,14H,4-6H2,1-3H3,(H2,13,18). The van der Waals surface area contributed by atoms with Crippen molar-refractivity contribution in [1.82, 2.24) is 9.78 Å². The summed E-state index contributed by atoms with van der Waals surface area (Å²) in [6.07, 6.45) is 2.27. The van der Waals surface area contributed by atoms with Gasteiger partial charge in [-0.2, -0.15) is 5.10 Å². The van der Waals surface area contributed by atoms with Gasteiger partial charge in [0.1, 0.15) is 10.8 Å². The summed E-state index contributed by atoms with van der Waals surface area (Å²) >= 11 is 5.10. The van der Waals surface area contributed by atoms with Gasteiger partial charge in [-0.1, -0.05) is 12.2 Å². The van der Waals surface area contributed by atoms with Crippen LogP contribution in [0, 0.1) is 6.92 Å². The van der Waals surface area contributed by atoms with E-state index in [1.165, 1.54) is 0 Å². The number of anilines is 1. The van der Waals surface area contributed by atoms with Crippen molar-refractivity contribution in [2.24, 2.45) is 12.8 Å². The van der Waals surface area contributed by atoms with Crippen molar-refractivity contribution in [3.05, 3.63) is 11.3 Å². The highest BCUT2D eigenvalue weighted by molar-refractivity contribution is 7.80. The molecular formula is C12H20N4OS. The summed E-state index contributed by atoms with van der Waals surface area (Å²) in [5.41, 5.74) is 7.50. The van der Waals surface area contributed by atoms with Gasteiger partial charge in [0.2, 0.25) is 0 Å². The van der Waals surface area contributed by atoms with Crippen molar-refractivity contribution >= 4 is 23.0 Å². The summed E-state index contributed by atoms with van der Waals surface area (Å²) < 4.78 is 7.36. The molecule has 1 fully saturated rings. The zero-order valence-electron chi connectivity index (χ0n) is 11.1. The van der Waals surface area contributed by atoms with Crippen LogP contribution in [0.5, 0.6) is 0 Å². The van der Waals surface area contributed by atoms with Crippen LogP contribution in [0.4, 0.5) is 5.82 Å². The van der Waals surface area contributed by atoms with Gasteiger partial charge in [-0.25, -0.2) is 0 Å². The SMILES string of the molecule is Cc1nn(C)c(NC2CCOC(C)C2)c1C(N)=S. The van der Waals surface area contributed by atoms with E-state index in [1.807, 2.05) is 18.7 Å². The molecular weight excluding hydrogens is 248 g/mol. The lowest BCUT2D eigenvalue weighted by Crippen LogP contribution is -2.33. The Labute approximate surface area is 113 Å². The molecule has 3 N–H and O–H groups in total. The second-order valence-electron chi connectivity index (χ2n) is 4.84. The number of aromatic nitrogens is 2. The number of nitrogens with one attached hydrogen (secondary N) is 1. The number of nitrogens with two attached hydrogens (primary N) is 1. The Balaban J connectivity index is 2.20. The van der Waals surface area contributed by atoms with Gasteiger partial charge in [-0.05, 0) is 26.7 Å². The average Bonchev–Trinajstić information content (AvgIpc) is 2.53. The minimum absolute atomic E-state index is 0.291. The second kappa shape index (κ2) is 5.24. The number of thiocarbonyl (C=S) groups is 1. The molecule has 0 bridgehead atoms. The molecule has 1 aliphatic heterocycles. The van der Waals surface area contributed by atoms with Crippen molar-refractivity contribution in [3.8, 4) is 0 Å². The van der Waals surface area contributed by atoms with E-state index in [4.69, 9.17) is 22.7 Å². The summed E-state index contributed by atoms with van der Waals surface area (Å²) in [4.78, 5) is 0.392. The van der Waals surface area contributed by atoms with Gasteiger partial charge in [0, 0.05) is 19.7 Å². The van der Waals surface area contributed by atoms with Crippen LogP contribution >= 0.6 is 12.2 Å². The molecule has 2 heterocycles. The molecule has 0 amide bonds. The molecule has 0 aliphatic carbocycles. The molecule has 2 unspecified atom stereocenters. The summed E-state index contributed by atoms with van der Waals surface area (Å²) in [5.74, 6) is 0.916. The van der Waals surface area contributed by atoms with Gasteiger partial charge in [-0.3, -0.25) is 4.68 Å². The van der Waals surface area contributed by atoms with E-state index in [2.05, 4.69) is 17.3 Å². The Kier molecular flexibility index (Phi) is 3.87. The van der Waals surface area contributed by atoms with Crippen molar-refractivity contribution in [2.75, 3.05) is 11.9 Å². The van der Waals surface area contributed by atoms with Crippen LogP contribution in [-0.4, -0.2) is 33.5 Å². The molecule has 1 aromatic heterocycles. The molecule has 2 atom stereocenters. The van der Waals surface area contributed by atoms with Crippen LogP contribution in [-0.2, 0) is 11.8 Å². The summed E-state index contributed by atoms with van der Waals surface area (Å²) in [7, 11) is 1.90. The minimum atomic E-state index is 0.291. The molecule has 0 spiro atoms. The Morgan fingerprint density at radius 3 is 2.94 bits per heavy atom. The van der Waals surface area contributed by atoms with Crippen LogP contribution < -0.4 is 11.1 Å². The summed E-state index contributed by atoms with van der Waals surface area (Å²) in [6, 6.07) is 0.386. The maximum atomic E-state index is 5.77. The lowest BCUT2D eigenvalue weighted by molar-refractivity contribution is 0.0231. The predicted molar refractivity (Wildman–Crippen MR) is 75.9 cm³/mol. The normalized spacial score (nSPS) is 23.9. The van der Waals surface area contributed by atoms with Crippen molar-refractivity contribution in [2.45, 2.75) is 38.8 Å². The zero-order valence-corrected chi connectivity index (χ0v) is 11.9. The first-order valence-corrected chi connectivity index (χ1v) is 6.61. The van der Waals surface area contributed by atoms with Gasteiger partial charge in [0.15, 0.2) is 0 Å². The van der Waals surface area contributed by atoms with Crippen molar-refractivity contribution < 1.29 is 4.74 Å². The molecule has 0 radical (unpaired) electrons.